The molecule has 2 nitrogen and oxygen atoms in total. The average molecular weight is 234 g/mol. The van der Waals surface area contributed by atoms with E-state index < -0.39 is 5.60 Å². The van der Waals surface area contributed by atoms with Crippen molar-refractivity contribution in [2.75, 3.05) is 0 Å². The second kappa shape index (κ2) is 4.69. The van der Waals surface area contributed by atoms with Crippen molar-refractivity contribution in [3.8, 4) is 5.75 Å². The SMILES string of the molecule is CCCC1CC1(O)c1cccc(OC(C)C)c1. The number of rotatable bonds is 5. The fraction of sp³-hybridized carbons (Fsp3) is 0.600. The number of benzene rings is 1. The van der Waals surface area contributed by atoms with E-state index in [-0.39, 0.29) is 6.10 Å². The van der Waals surface area contributed by atoms with E-state index in [2.05, 4.69) is 6.92 Å². The highest BCUT2D eigenvalue weighted by molar-refractivity contribution is 5.36. The molecule has 0 aliphatic heterocycles. The summed E-state index contributed by atoms with van der Waals surface area (Å²) in [5.74, 6) is 1.29. The summed E-state index contributed by atoms with van der Waals surface area (Å²) in [5.41, 5.74) is 0.418. The van der Waals surface area contributed by atoms with Crippen molar-refractivity contribution < 1.29 is 9.84 Å². The minimum Gasteiger partial charge on any atom is -0.491 e. The Morgan fingerprint density at radius 1 is 1.47 bits per heavy atom. The van der Waals surface area contributed by atoms with Gasteiger partial charge in [-0.3, -0.25) is 0 Å². The zero-order valence-corrected chi connectivity index (χ0v) is 10.9. The number of ether oxygens (including phenoxy) is 1. The monoisotopic (exact) mass is 234 g/mol. The first-order valence-electron chi connectivity index (χ1n) is 6.56. The molecule has 1 N–H and O–H groups in total. The van der Waals surface area contributed by atoms with Crippen LogP contribution in [0.2, 0.25) is 0 Å². The summed E-state index contributed by atoms with van der Waals surface area (Å²) in [4.78, 5) is 0. The number of hydrogen-bond acceptors (Lipinski definition) is 2. The lowest BCUT2D eigenvalue weighted by Crippen LogP contribution is -2.10. The fourth-order valence-electron chi connectivity index (χ4n) is 2.47. The molecule has 0 heterocycles. The molecule has 94 valence electrons. The van der Waals surface area contributed by atoms with Crippen molar-refractivity contribution in [3.05, 3.63) is 29.8 Å². The van der Waals surface area contributed by atoms with Gasteiger partial charge in [0, 0.05) is 0 Å². The number of hydrogen-bond donors (Lipinski definition) is 1. The predicted molar refractivity (Wildman–Crippen MR) is 69.1 cm³/mol. The quantitative estimate of drug-likeness (QED) is 0.845. The molecular formula is C15H22O2. The van der Waals surface area contributed by atoms with Crippen molar-refractivity contribution in [1.82, 2.24) is 0 Å². The Morgan fingerprint density at radius 2 is 2.24 bits per heavy atom. The molecule has 2 unspecified atom stereocenters. The van der Waals surface area contributed by atoms with Crippen LogP contribution in [0.5, 0.6) is 5.75 Å². The smallest absolute Gasteiger partial charge is 0.120 e. The van der Waals surface area contributed by atoms with E-state index in [4.69, 9.17) is 4.74 Å². The Morgan fingerprint density at radius 3 is 2.88 bits per heavy atom. The third-order valence-electron chi connectivity index (χ3n) is 3.42. The third kappa shape index (κ3) is 2.63. The average Bonchev–Trinajstić information content (AvgIpc) is 2.91. The zero-order valence-electron chi connectivity index (χ0n) is 10.9. The van der Waals surface area contributed by atoms with Gasteiger partial charge in [0.1, 0.15) is 5.75 Å². The van der Waals surface area contributed by atoms with Gasteiger partial charge >= 0.3 is 0 Å². The third-order valence-corrected chi connectivity index (χ3v) is 3.42. The normalized spacial score (nSPS) is 27.2. The minimum atomic E-state index is -0.591. The van der Waals surface area contributed by atoms with E-state index in [1.54, 1.807) is 0 Å². The van der Waals surface area contributed by atoms with Gasteiger partial charge in [-0.05, 0) is 50.3 Å². The van der Waals surface area contributed by atoms with Crippen molar-refractivity contribution in [1.29, 1.82) is 0 Å². The molecule has 1 aromatic carbocycles. The Bertz CT molecular complexity index is 386. The van der Waals surface area contributed by atoms with Crippen LogP contribution >= 0.6 is 0 Å². The lowest BCUT2D eigenvalue weighted by molar-refractivity contribution is 0.128. The van der Waals surface area contributed by atoms with Gasteiger partial charge in [-0.2, -0.15) is 0 Å². The molecule has 1 aromatic rings. The first-order valence-corrected chi connectivity index (χ1v) is 6.56. The van der Waals surface area contributed by atoms with Crippen LogP contribution in [0.15, 0.2) is 24.3 Å². The van der Waals surface area contributed by atoms with Gasteiger partial charge in [-0.1, -0.05) is 25.5 Å². The van der Waals surface area contributed by atoms with Crippen LogP contribution in [-0.2, 0) is 5.60 Å². The Hall–Kier alpha value is -1.02. The molecule has 1 aliphatic rings. The highest BCUT2D eigenvalue weighted by Gasteiger charge is 2.53. The van der Waals surface area contributed by atoms with Crippen LogP contribution in [0, 0.1) is 5.92 Å². The molecule has 1 aliphatic carbocycles. The molecule has 0 radical (unpaired) electrons. The summed E-state index contributed by atoms with van der Waals surface area (Å²) in [7, 11) is 0. The van der Waals surface area contributed by atoms with Gasteiger partial charge in [-0.15, -0.1) is 0 Å². The molecule has 1 saturated carbocycles. The fourth-order valence-corrected chi connectivity index (χ4v) is 2.47. The number of aliphatic hydroxyl groups is 1. The van der Waals surface area contributed by atoms with Crippen molar-refractivity contribution in [2.24, 2.45) is 5.92 Å². The maximum absolute atomic E-state index is 10.5. The van der Waals surface area contributed by atoms with E-state index in [0.717, 1.165) is 30.6 Å². The van der Waals surface area contributed by atoms with Crippen LogP contribution in [0.3, 0.4) is 0 Å². The highest BCUT2D eigenvalue weighted by Crippen LogP contribution is 2.54. The topological polar surface area (TPSA) is 29.5 Å². The van der Waals surface area contributed by atoms with Crippen LogP contribution in [0.4, 0.5) is 0 Å². The molecular weight excluding hydrogens is 212 g/mol. The molecule has 0 spiro atoms. The second-order valence-corrected chi connectivity index (χ2v) is 5.31. The zero-order chi connectivity index (χ0) is 12.5. The predicted octanol–water partition coefficient (Wildman–Crippen LogP) is 3.48. The Kier molecular flexibility index (Phi) is 3.43. The van der Waals surface area contributed by atoms with Crippen LogP contribution in [0.25, 0.3) is 0 Å². The van der Waals surface area contributed by atoms with Gasteiger partial charge in [0.25, 0.3) is 0 Å². The van der Waals surface area contributed by atoms with E-state index in [9.17, 15) is 5.11 Å². The van der Waals surface area contributed by atoms with Gasteiger partial charge in [0.05, 0.1) is 11.7 Å². The largest absolute Gasteiger partial charge is 0.491 e. The first kappa shape index (κ1) is 12.4. The van der Waals surface area contributed by atoms with Gasteiger partial charge in [-0.25, -0.2) is 0 Å². The molecule has 2 atom stereocenters. The van der Waals surface area contributed by atoms with E-state index in [0.29, 0.717) is 5.92 Å². The summed E-state index contributed by atoms with van der Waals surface area (Å²) in [6, 6.07) is 7.90. The maximum atomic E-state index is 10.5. The van der Waals surface area contributed by atoms with E-state index in [1.165, 1.54) is 0 Å². The standard InChI is InChI=1S/C15H22O2/c1-4-6-13-10-15(13,16)12-7-5-8-14(9-12)17-11(2)3/h5,7-9,11,13,16H,4,6,10H2,1-3H3. The summed E-state index contributed by atoms with van der Waals surface area (Å²) in [6.07, 6.45) is 3.30. The van der Waals surface area contributed by atoms with Crippen LogP contribution in [0.1, 0.15) is 45.6 Å². The van der Waals surface area contributed by atoms with Gasteiger partial charge in [0.15, 0.2) is 0 Å². The van der Waals surface area contributed by atoms with E-state index >= 15 is 0 Å². The molecule has 2 heteroatoms. The first-order chi connectivity index (χ1) is 8.06. The van der Waals surface area contributed by atoms with Crippen molar-refractivity contribution >= 4 is 0 Å². The summed E-state index contributed by atoms with van der Waals surface area (Å²) >= 11 is 0. The Balaban J connectivity index is 2.12. The van der Waals surface area contributed by atoms with Crippen molar-refractivity contribution in [2.45, 2.75) is 51.7 Å². The second-order valence-electron chi connectivity index (χ2n) is 5.31. The summed E-state index contributed by atoms with van der Waals surface area (Å²) < 4.78 is 5.66. The highest BCUT2D eigenvalue weighted by atomic mass is 16.5. The lowest BCUT2D eigenvalue weighted by Gasteiger charge is -2.14. The molecule has 0 aromatic heterocycles. The van der Waals surface area contributed by atoms with Crippen LogP contribution < -0.4 is 4.74 Å². The Labute approximate surface area is 104 Å². The maximum Gasteiger partial charge on any atom is 0.120 e. The van der Waals surface area contributed by atoms with Gasteiger partial charge < -0.3 is 9.84 Å². The van der Waals surface area contributed by atoms with Crippen molar-refractivity contribution in [3.63, 3.8) is 0 Å². The van der Waals surface area contributed by atoms with Gasteiger partial charge in [0.2, 0.25) is 0 Å². The van der Waals surface area contributed by atoms with E-state index in [1.807, 2.05) is 38.1 Å². The summed E-state index contributed by atoms with van der Waals surface area (Å²) in [5, 5.41) is 10.5. The molecule has 0 amide bonds. The minimum absolute atomic E-state index is 0.172. The lowest BCUT2D eigenvalue weighted by atomic mass is 10.0. The van der Waals surface area contributed by atoms with Crippen LogP contribution in [-0.4, -0.2) is 11.2 Å². The summed E-state index contributed by atoms with van der Waals surface area (Å²) in [6.45, 7) is 6.19. The molecule has 0 bridgehead atoms. The molecule has 2 rings (SSSR count). The molecule has 0 saturated heterocycles. The molecule has 1 fully saturated rings. The molecule has 17 heavy (non-hydrogen) atoms.